The number of halogens is 3. The van der Waals surface area contributed by atoms with Gasteiger partial charge in [0.05, 0.1) is 21.1 Å². The molecular weight excluding hydrogens is 588 g/mol. The Labute approximate surface area is 196 Å². The number of non-ortho nitro benzene ring substituents is 1. The summed E-state index contributed by atoms with van der Waals surface area (Å²) in [6.45, 7) is 0. The number of hydrogen-bond donors (Lipinski definition) is 1. The predicted molar refractivity (Wildman–Crippen MR) is 126 cm³/mol. The fourth-order valence-electron chi connectivity index (χ4n) is 2.78. The van der Waals surface area contributed by atoms with Gasteiger partial charge in [0.1, 0.15) is 5.52 Å². The molecule has 0 spiro atoms. The second-order valence-corrected chi connectivity index (χ2v) is 8.71. The van der Waals surface area contributed by atoms with Gasteiger partial charge >= 0.3 is 0 Å². The molecule has 0 aliphatic heterocycles. The van der Waals surface area contributed by atoms with Crippen molar-refractivity contribution in [1.29, 1.82) is 0 Å². The molecule has 3 aromatic carbocycles. The Balaban J connectivity index is 1.65. The number of carbonyl (C=O) groups is 1. The first-order valence-corrected chi connectivity index (χ1v) is 10.7. The van der Waals surface area contributed by atoms with Crippen molar-refractivity contribution >= 4 is 78.5 Å². The van der Waals surface area contributed by atoms with Crippen molar-refractivity contribution in [1.82, 2.24) is 4.98 Å². The van der Waals surface area contributed by atoms with Gasteiger partial charge in [-0.3, -0.25) is 14.9 Å². The van der Waals surface area contributed by atoms with Crippen LogP contribution in [0.4, 0.5) is 11.4 Å². The summed E-state index contributed by atoms with van der Waals surface area (Å²) in [5.41, 5.74) is 2.17. The molecule has 0 fully saturated rings. The highest BCUT2D eigenvalue weighted by Gasteiger charge is 2.17. The van der Waals surface area contributed by atoms with E-state index in [9.17, 15) is 14.9 Å². The molecule has 0 bridgehead atoms. The van der Waals surface area contributed by atoms with Crippen LogP contribution in [-0.4, -0.2) is 15.8 Å². The van der Waals surface area contributed by atoms with Crippen molar-refractivity contribution < 1.29 is 14.1 Å². The van der Waals surface area contributed by atoms with E-state index < -0.39 is 10.8 Å². The standard InChI is InChI=1S/C20H10BrClIN3O4/c21-15-4-1-10(23)7-13(15)20-25-17-8-11(2-6-18(17)30-20)24-19(27)14-9-12(26(28)29)3-5-16(14)22/h1-9H,(H,24,27). The van der Waals surface area contributed by atoms with Gasteiger partial charge in [-0.05, 0) is 81.0 Å². The maximum absolute atomic E-state index is 12.6. The Morgan fingerprint density at radius 3 is 2.73 bits per heavy atom. The topological polar surface area (TPSA) is 98.3 Å². The SMILES string of the molecule is O=C(Nc1ccc2oc(-c3cc(I)ccc3Br)nc2c1)c1cc([N+](=O)[O-])ccc1Cl. The normalized spacial score (nSPS) is 10.9. The molecule has 0 saturated carbocycles. The lowest BCUT2D eigenvalue weighted by atomic mass is 10.2. The van der Waals surface area contributed by atoms with Crippen LogP contribution in [-0.2, 0) is 0 Å². The average molecular weight is 599 g/mol. The Morgan fingerprint density at radius 2 is 1.97 bits per heavy atom. The highest BCUT2D eigenvalue weighted by Crippen LogP contribution is 2.32. The number of benzene rings is 3. The number of aromatic nitrogens is 1. The first kappa shape index (κ1) is 20.8. The molecule has 0 radical (unpaired) electrons. The fraction of sp³-hybridized carbons (Fsp3) is 0. The number of nitro benzene ring substituents is 1. The summed E-state index contributed by atoms with van der Waals surface area (Å²) in [5.74, 6) is -0.118. The molecule has 0 saturated heterocycles. The van der Waals surface area contributed by atoms with Crippen LogP contribution in [0.15, 0.2) is 63.5 Å². The number of amides is 1. The molecule has 1 aromatic heterocycles. The van der Waals surface area contributed by atoms with E-state index in [0.29, 0.717) is 22.7 Å². The third kappa shape index (κ3) is 4.18. The molecule has 1 heterocycles. The number of carbonyl (C=O) groups excluding carboxylic acids is 1. The van der Waals surface area contributed by atoms with E-state index in [0.717, 1.165) is 19.7 Å². The van der Waals surface area contributed by atoms with Crippen molar-refractivity contribution in [2.75, 3.05) is 5.32 Å². The minimum atomic E-state index is -0.584. The summed E-state index contributed by atoms with van der Waals surface area (Å²) in [6.07, 6.45) is 0. The van der Waals surface area contributed by atoms with E-state index in [2.05, 4.69) is 48.8 Å². The number of nitrogens with one attached hydrogen (secondary N) is 1. The van der Waals surface area contributed by atoms with Crippen LogP contribution in [0.5, 0.6) is 0 Å². The lowest BCUT2D eigenvalue weighted by molar-refractivity contribution is -0.384. The van der Waals surface area contributed by atoms with Gasteiger partial charge in [-0.1, -0.05) is 11.6 Å². The van der Waals surface area contributed by atoms with Gasteiger partial charge in [0, 0.05) is 25.9 Å². The molecule has 0 aliphatic rings. The zero-order valence-corrected chi connectivity index (χ0v) is 19.4. The highest BCUT2D eigenvalue weighted by molar-refractivity contribution is 14.1. The van der Waals surface area contributed by atoms with Gasteiger partial charge in [0.15, 0.2) is 5.58 Å². The summed E-state index contributed by atoms with van der Waals surface area (Å²) in [6, 6.07) is 14.5. The number of hydrogen-bond acceptors (Lipinski definition) is 5. The number of nitro groups is 1. The Hall–Kier alpha value is -2.50. The summed E-state index contributed by atoms with van der Waals surface area (Å²) >= 11 is 11.7. The molecule has 150 valence electrons. The minimum absolute atomic E-state index is 0.00889. The van der Waals surface area contributed by atoms with Crippen LogP contribution in [0.1, 0.15) is 10.4 Å². The molecule has 0 atom stereocenters. The third-order valence-corrected chi connectivity index (χ3v) is 5.90. The highest BCUT2D eigenvalue weighted by atomic mass is 127. The molecule has 1 amide bonds. The average Bonchev–Trinajstić information content (AvgIpc) is 3.13. The molecule has 10 heteroatoms. The molecule has 0 unspecified atom stereocenters. The number of fused-ring (bicyclic) bond motifs is 1. The van der Waals surface area contributed by atoms with Gasteiger partial charge in [-0.2, -0.15) is 0 Å². The fourth-order valence-corrected chi connectivity index (χ4v) is 3.89. The van der Waals surface area contributed by atoms with Gasteiger partial charge < -0.3 is 9.73 Å². The summed E-state index contributed by atoms with van der Waals surface area (Å²) in [4.78, 5) is 27.5. The van der Waals surface area contributed by atoms with E-state index in [1.54, 1.807) is 18.2 Å². The molecule has 1 N–H and O–H groups in total. The van der Waals surface area contributed by atoms with Gasteiger partial charge in [0.25, 0.3) is 11.6 Å². The van der Waals surface area contributed by atoms with E-state index in [1.807, 2.05) is 18.2 Å². The molecule has 4 aromatic rings. The molecule has 30 heavy (non-hydrogen) atoms. The van der Waals surface area contributed by atoms with Crippen LogP contribution >= 0.6 is 50.1 Å². The van der Waals surface area contributed by atoms with E-state index in [-0.39, 0.29) is 16.3 Å². The summed E-state index contributed by atoms with van der Waals surface area (Å²) in [5, 5.41) is 13.8. The Kier molecular flexibility index (Phi) is 5.76. The van der Waals surface area contributed by atoms with Crippen LogP contribution < -0.4 is 5.32 Å². The lowest BCUT2D eigenvalue weighted by Gasteiger charge is -2.06. The number of oxazole rings is 1. The van der Waals surface area contributed by atoms with Crippen molar-refractivity contribution in [2.45, 2.75) is 0 Å². The van der Waals surface area contributed by atoms with Crippen molar-refractivity contribution in [3.05, 3.63) is 83.3 Å². The van der Waals surface area contributed by atoms with Gasteiger partial charge in [-0.15, -0.1) is 0 Å². The minimum Gasteiger partial charge on any atom is -0.436 e. The van der Waals surface area contributed by atoms with Gasteiger partial charge in [-0.25, -0.2) is 4.98 Å². The van der Waals surface area contributed by atoms with Crippen molar-refractivity contribution in [3.63, 3.8) is 0 Å². The monoisotopic (exact) mass is 597 g/mol. The largest absolute Gasteiger partial charge is 0.436 e. The molecule has 4 rings (SSSR count). The summed E-state index contributed by atoms with van der Waals surface area (Å²) < 4.78 is 7.73. The second-order valence-electron chi connectivity index (χ2n) is 6.20. The van der Waals surface area contributed by atoms with Crippen molar-refractivity contribution in [2.24, 2.45) is 0 Å². The van der Waals surface area contributed by atoms with Crippen molar-refractivity contribution in [3.8, 4) is 11.5 Å². The van der Waals surface area contributed by atoms with Crippen LogP contribution in [0.25, 0.3) is 22.6 Å². The Bertz CT molecular complexity index is 1320. The van der Waals surface area contributed by atoms with Crippen LogP contribution in [0, 0.1) is 13.7 Å². The second kappa shape index (κ2) is 8.32. The first-order chi connectivity index (χ1) is 14.3. The van der Waals surface area contributed by atoms with E-state index >= 15 is 0 Å². The lowest BCUT2D eigenvalue weighted by Crippen LogP contribution is -2.12. The van der Waals surface area contributed by atoms with Crippen LogP contribution in [0.2, 0.25) is 5.02 Å². The van der Waals surface area contributed by atoms with E-state index in [4.69, 9.17) is 16.0 Å². The first-order valence-electron chi connectivity index (χ1n) is 8.43. The molecular formula is C20H10BrClIN3O4. The maximum Gasteiger partial charge on any atom is 0.270 e. The zero-order valence-electron chi connectivity index (χ0n) is 14.9. The van der Waals surface area contributed by atoms with Gasteiger partial charge in [0.2, 0.25) is 5.89 Å². The summed E-state index contributed by atoms with van der Waals surface area (Å²) in [7, 11) is 0. The predicted octanol–water partition coefficient (Wildman–Crippen LogP) is 6.68. The number of rotatable bonds is 4. The molecule has 7 nitrogen and oxygen atoms in total. The smallest absolute Gasteiger partial charge is 0.270 e. The Morgan fingerprint density at radius 1 is 1.17 bits per heavy atom. The number of nitrogens with zero attached hydrogens (tertiary/aromatic N) is 2. The quantitative estimate of drug-likeness (QED) is 0.161. The van der Waals surface area contributed by atoms with E-state index in [1.165, 1.54) is 12.1 Å². The third-order valence-electron chi connectivity index (χ3n) is 4.21. The zero-order chi connectivity index (χ0) is 21.4. The maximum atomic E-state index is 12.6. The molecule has 0 aliphatic carbocycles. The number of anilines is 1. The van der Waals surface area contributed by atoms with Crippen LogP contribution in [0.3, 0.4) is 0 Å².